The summed E-state index contributed by atoms with van der Waals surface area (Å²) in [5.41, 5.74) is 0. The first-order valence-electron chi connectivity index (χ1n) is 31.2. The van der Waals surface area contributed by atoms with Crippen molar-refractivity contribution >= 4 is 17.9 Å². The van der Waals surface area contributed by atoms with Gasteiger partial charge in [-0.15, -0.1) is 0 Å². The van der Waals surface area contributed by atoms with Crippen molar-refractivity contribution in [1.82, 2.24) is 0 Å². The van der Waals surface area contributed by atoms with Crippen molar-refractivity contribution in [1.29, 1.82) is 0 Å². The number of rotatable bonds is 56. The Balaban J connectivity index is 4.25. The van der Waals surface area contributed by atoms with E-state index in [0.717, 1.165) is 75.5 Å². The fourth-order valence-electron chi connectivity index (χ4n) is 9.64. The molecule has 0 aliphatic carbocycles. The van der Waals surface area contributed by atoms with Crippen LogP contribution in [0, 0.1) is 17.8 Å². The fraction of sp³-hybridized carbons (Fsp3) is 0.952. The first-order valence-corrected chi connectivity index (χ1v) is 31.2. The SMILES string of the molecule is CCC(C)CCCCCCCCCCCCCCCCC(=O)O[C@@H](COC(=O)CCCCCCCCCCCCCCCCCCCCC(C)C)COC(=O)CCCCCCCCCCC(C)CC. The van der Waals surface area contributed by atoms with E-state index in [2.05, 4.69) is 41.5 Å². The van der Waals surface area contributed by atoms with Crippen LogP contribution in [0.25, 0.3) is 0 Å². The van der Waals surface area contributed by atoms with E-state index in [1.165, 1.54) is 231 Å². The predicted molar refractivity (Wildman–Crippen MR) is 298 cm³/mol. The number of hydrogen-bond donors (Lipinski definition) is 0. The van der Waals surface area contributed by atoms with Crippen molar-refractivity contribution in [3.05, 3.63) is 0 Å². The number of esters is 3. The second-order valence-electron chi connectivity index (χ2n) is 22.7. The Morgan fingerprint density at radius 3 is 0.754 bits per heavy atom. The van der Waals surface area contributed by atoms with Gasteiger partial charge >= 0.3 is 17.9 Å². The number of ether oxygens (including phenoxy) is 3. The Morgan fingerprint density at radius 2 is 0.507 bits per heavy atom. The van der Waals surface area contributed by atoms with E-state index < -0.39 is 6.10 Å². The third-order valence-electron chi connectivity index (χ3n) is 15.1. The summed E-state index contributed by atoms with van der Waals surface area (Å²) in [4.78, 5) is 38.2. The van der Waals surface area contributed by atoms with Gasteiger partial charge in [0.15, 0.2) is 6.10 Å². The van der Waals surface area contributed by atoms with Gasteiger partial charge < -0.3 is 14.2 Å². The molecule has 0 aromatic heterocycles. The van der Waals surface area contributed by atoms with Crippen molar-refractivity contribution in [2.45, 2.75) is 356 Å². The molecule has 69 heavy (non-hydrogen) atoms. The van der Waals surface area contributed by atoms with E-state index in [-0.39, 0.29) is 31.1 Å². The summed E-state index contributed by atoms with van der Waals surface area (Å²) in [6.07, 6.45) is 58.1. The molecule has 410 valence electrons. The van der Waals surface area contributed by atoms with Crippen molar-refractivity contribution in [3.8, 4) is 0 Å². The predicted octanol–water partition coefficient (Wildman–Crippen LogP) is 20.7. The minimum absolute atomic E-state index is 0.0632. The molecule has 0 radical (unpaired) electrons. The molecule has 0 aliphatic rings. The molecule has 0 saturated carbocycles. The van der Waals surface area contributed by atoms with Gasteiger partial charge in [-0.2, -0.15) is 0 Å². The van der Waals surface area contributed by atoms with E-state index in [4.69, 9.17) is 14.2 Å². The minimum atomic E-state index is -0.764. The van der Waals surface area contributed by atoms with E-state index in [1.54, 1.807) is 0 Å². The lowest BCUT2D eigenvalue weighted by atomic mass is 9.99. The Bertz CT molecular complexity index is 1070. The summed E-state index contributed by atoms with van der Waals surface area (Å²) in [6.45, 7) is 13.8. The quantitative estimate of drug-likeness (QED) is 0.0343. The highest BCUT2D eigenvalue weighted by molar-refractivity contribution is 5.71. The van der Waals surface area contributed by atoms with Crippen LogP contribution in [0.1, 0.15) is 350 Å². The minimum Gasteiger partial charge on any atom is -0.462 e. The third-order valence-corrected chi connectivity index (χ3v) is 15.1. The normalized spacial score (nSPS) is 12.9. The summed E-state index contributed by atoms with van der Waals surface area (Å²) in [6, 6.07) is 0. The van der Waals surface area contributed by atoms with Crippen molar-refractivity contribution in [3.63, 3.8) is 0 Å². The lowest BCUT2D eigenvalue weighted by Gasteiger charge is -2.18. The largest absolute Gasteiger partial charge is 0.462 e. The maximum atomic E-state index is 12.9. The molecule has 0 amide bonds. The first kappa shape index (κ1) is 67.4. The molecule has 0 aliphatic heterocycles. The highest BCUT2D eigenvalue weighted by Gasteiger charge is 2.19. The third kappa shape index (κ3) is 54.0. The van der Waals surface area contributed by atoms with Gasteiger partial charge in [-0.05, 0) is 37.0 Å². The molecular formula is C63H122O6. The summed E-state index contributed by atoms with van der Waals surface area (Å²) < 4.78 is 16.9. The summed E-state index contributed by atoms with van der Waals surface area (Å²) in [5, 5.41) is 0. The van der Waals surface area contributed by atoms with Gasteiger partial charge in [0.1, 0.15) is 13.2 Å². The summed E-state index contributed by atoms with van der Waals surface area (Å²) in [7, 11) is 0. The van der Waals surface area contributed by atoms with Gasteiger partial charge in [-0.3, -0.25) is 14.4 Å². The lowest BCUT2D eigenvalue weighted by Crippen LogP contribution is -2.30. The maximum absolute atomic E-state index is 12.9. The molecule has 0 rings (SSSR count). The zero-order valence-electron chi connectivity index (χ0n) is 47.6. The Labute approximate surface area is 431 Å². The van der Waals surface area contributed by atoms with Gasteiger partial charge in [0.2, 0.25) is 0 Å². The first-order chi connectivity index (χ1) is 33.7. The van der Waals surface area contributed by atoms with Crippen LogP contribution in [0.3, 0.4) is 0 Å². The van der Waals surface area contributed by atoms with Crippen LogP contribution < -0.4 is 0 Å². The molecule has 0 spiro atoms. The monoisotopic (exact) mass is 975 g/mol. The van der Waals surface area contributed by atoms with Gasteiger partial charge in [0.25, 0.3) is 0 Å². The molecule has 6 heteroatoms. The Kier molecular flexibility index (Phi) is 52.9. The second-order valence-corrected chi connectivity index (χ2v) is 22.7. The Hall–Kier alpha value is -1.59. The van der Waals surface area contributed by atoms with E-state index in [0.29, 0.717) is 19.3 Å². The van der Waals surface area contributed by atoms with Crippen molar-refractivity contribution in [2.75, 3.05) is 13.2 Å². The smallest absolute Gasteiger partial charge is 0.306 e. The van der Waals surface area contributed by atoms with Crippen LogP contribution >= 0.6 is 0 Å². The Morgan fingerprint density at radius 1 is 0.290 bits per heavy atom. The lowest BCUT2D eigenvalue weighted by molar-refractivity contribution is -0.167. The summed E-state index contributed by atoms with van der Waals surface area (Å²) in [5.74, 6) is 1.76. The highest BCUT2D eigenvalue weighted by Crippen LogP contribution is 2.20. The topological polar surface area (TPSA) is 78.9 Å². The van der Waals surface area contributed by atoms with Gasteiger partial charge in [0.05, 0.1) is 0 Å². The van der Waals surface area contributed by atoms with E-state index in [9.17, 15) is 14.4 Å². The number of carbonyl (C=O) groups excluding carboxylic acids is 3. The standard InChI is InChI=1S/C63H122O6/c1-7-58(5)50-44-38-32-26-22-18-15-16-20-24-28-36-42-48-54-63(66)69-60(56-68-62(65)53-47-41-35-30-29-33-39-45-51-59(6)8-2)55-67-61(64)52-46-40-34-27-23-19-14-12-10-9-11-13-17-21-25-31-37-43-49-57(3)4/h57-60H,7-56H2,1-6H3/t58?,59?,60-/m0/s1. The van der Waals surface area contributed by atoms with Gasteiger partial charge in [0, 0.05) is 19.3 Å². The number of hydrogen-bond acceptors (Lipinski definition) is 6. The van der Waals surface area contributed by atoms with E-state index >= 15 is 0 Å². The highest BCUT2D eigenvalue weighted by atomic mass is 16.6. The molecule has 0 fully saturated rings. The molecule has 3 atom stereocenters. The molecule has 6 nitrogen and oxygen atoms in total. The van der Waals surface area contributed by atoms with Gasteiger partial charge in [-0.1, -0.05) is 311 Å². The zero-order valence-corrected chi connectivity index (χ0v) is 47.6. The van der Waals surface area contributed by atoms with Crippen LogP contribution in [0.4, 0.5) is 0 Å². The average Bonchev–Trinajstić information content (AvgIpc) is 3.34. The molecule has 0 aromatic carbocycles. The molecular weight excluding hydrogens is 853 g/mol. The molecule has 0 saturated heterocycles. The van der Waals surface area contributed by atoms with Crippen LogP contribution in [-0.4, -0.2) is 37.2 Å². The molecule has 2 unspecified atom stereocenters. The molecule has 0 bridgehead atoms. The molecule has 0 heterocycles. The van der Waals surface area contributed by atoms with Gasteiger partial charge in [-0.25, -0.2) is 0 Å². The van der Waals surface area contributed by atoms with Crippen molar-refractivity contribution < 1.29 is 28.6 Å². The maximum Gasteiger partial charge on any atom is 0.306 e. The van der Waals surface area contributed by atoms with Crippen LogP contribution in [0.15, 0.2) is 0 Å². The molecule has 0 N–H and O–H groups in total. The van der Waals surface area contributed by atoms with Crippen molar-refractivity contribution in [2.24, 2.45) is 17.8 Å². The second kappa shape index (κ2) is 54.2. The van der Waals surface area contributed by atoms with Crippen LogP contribution in [0.5, 0.6) is 0 Å². The fourth-order valence-corrected chi connectivity index (χ4v) is 9.64. The number of unbranched alkanes of at least 4 members (excludes halogenated alkanes) is 37. The molecule has 0 aromatic rings. The summed E-state index contributed by atoms with van der Waals surface area (Å²) >= 11 is 0. The van der Waals surface area contributed by atoms with Crippen LogP contribution in [-0.2, 0) is 28.6 Å². The van der Waals surface area contributed by atoms with Crippen LogP contribution in [0.2, 0.25) is 0 Å². The number of carbonyl (C=O) groups is 3. The average molecular weight is 976 g/mol. The van der Waals surface area contributed by atoms with E-state index in [1.807, 2.05) is 0 Å². The zero-order chi connectivity index (χ0) is 50.5.